The molecular weight excluding hydrogens is 226 g/mol. The zero-order valence-electron chi connectivity index (χ0n) is 10.9. The van der Waals surface area contributed by atoms with E-state index in [0.717, 1.165) is 6.42 Å². The number of hydroxylamine groups is 2. The van der Waals surface area contributed by atoms with Crippen LogP contribution in [0.15, 0.2) is 0 Å². The van der Waals surface area contributed by atoms with Gasteiger partial charge in [-0.1, -0.05) is 44.7 Å². The Kier molecular flexibility index (Phi) is 8.01. The van der Waals surface area contributed by atoms with Crippen LogP contribution in [-0.4, -0.2) is 36.4 Å². The lowest BCUT2D eigenvalue weighted by molar-refractivity contribution is -0.350. The van der Waals surface area contributed by atoms with Crippen molar-refractivity contribution in [3.05, 3.63) is 0 Å². The number of hydrogen-bond donors (Lipinski definition) is 0. The van der Waals surface area contributed by atoms with Crippen LogP contribution in [0.2, 0.25) is 0 Å². The summed E-state index contributed by atoms with van der Waals surface area (Å²) in [5.74, 6) is 0.649. The van der Waals surface area contributed by atoms with Crippen LogP contribution >= 0.6 is 11.8 Å². The van der Waals surface area contributed by atoms with E-state index in [2.05, 4.69) is 0 Å². The molecule has 0 N–H and O–H groups in total. The van der Waals surface area contributed by atoms with E-state index in [-0.39, 0.29) is 10.5 Å². The molecule has 0 aliphatic rings. The molecular formula is C11H23NO3S. The Hall–Kier alpha value is -0.100. The Morgan fingerprint density at radius 1 is 1.25 bits per heavy atom. The fourth-order valence-electron chi connectivity index (χ4n) is 0.774. The standard InChI is InChI=1S/C11H23NO3S/c1-6-7-14-12(5)15-8-9-16-10(13)11(2,3)4/h6-9H2,1-5H3. The molecule has 96 valence electrons. The van der Waals surface area contributed by atoms with Gasteiger partial charge in [0.2, 0.25) is 0 Å². The third-order valence-corrected chi connectivity index (χ3v) is 2.92. The van der Waals surface area contributed by atoms with Crippen molar-refractivity contribution in [3.63, 3.8) is 0 Å². The average Bonchev–Trinajstić information content (AvgIpc) is 2.19. The molecule has 0 unspecified atom stereocenters. The minimum absolute atomic E-state index is 0.188. The molecule has 0 aromatic carbocycles. The maximum atomic E-state index is 11.5. The maximum Gasteiger partial charge on any atom is 0.194 e. The smallest absolute Gasteiger partial charge is 0.194 e. The molecule has 0 saturated carbocycles. The first-order valence-electron chi connectivity index (χ1n) is 5.54. The van der Waals surface area contributed by atoms with Crippen LogP contribution in [0.3, 0.4) is 0 Å². The van der Waals surface area contributed by atoms with Crippen molar-refractivity contribution in [3.8, 4) is 0 Å². The average molecular weight is 249 g/mol. The van der Waals surface area contributed by atoms with E-state index in [4.69, 9.17) is 9.68 Å². The van der Waals surface area contributed by atoms with Crippen molar-refractivity contribution in [2.45, 2.75) is 34.1 Å². The lowest BCUT2D eigenvalue weighted by atomic mass is 10.00. The summed E-state index contributed by atoms with van der Waals surface area (Å²) in [7, 11) is 1.71. The molecule has 5 heteroatoms. The largest absolute Gasteiger partial charge is 0.287 e. The monoisotopic (exact) mass is 249 g/mol. The molecule has 0 amide bonds. The van der Waals surface area contributed by atoms with Gasteiger partial charge < -0.3 is 0 Å². The molecule has 0 saturated heterocycles. The van der Waals surface area contributed by atoms with Crippen LogP contribution in [0.4, 0.5) is 0 Å². The van der Waals surface area contributed by atoms with Gasteiger partial charge in [0.25, 0.3) is 0 Å². The zero-order valence-corrected chi connectivity index (χ0v) is 11.7. The number of thioether (sulfide) groups is 1. The van der Waals surface area contributed by atoms with E-state index in [1.54, 1.807) is 7.05 Å². The zero-order chi connectivity index (χ0) is 12.6. The molecule has 4 nitrogen and oxygen atoms in total. The SMILES string of the molecule is CCCON(C)OCCSC(=O)C(C)(C)C. The summed E-state index contributed by atoms with van der Waals surface area (Å²) in [6.45, 7) is 8.90. The third kappa shape index (κ3) is 8.10. The van der Waals surface area contributed by atoms with Crippen molar-refractivity contribution in [1.82, 2.24) is 5.23 Å². The summed E-state index contributed by atoms with van der Waals surface area (Å²) in [6, 6.07) is 0. The number of rotatable bonds is 7. The second-order valence-corrected chi connectivity index (χ2v) is 5.56. The fraction of sp³-hybridized carbons (Fsp3) is 0.909. The van der Waals surface area contributed by atoms with Crippen LogP contribution in [0.5, 0.6) is 0 Å². The Morgan fingerprint density at radius 3 is 2.31 bits per heavy atom. The summed E-state index contributed by atoms with van der Waals surface area (Å²) in [6.07, 6.45) is 0.949. The van der Waals surface area contributed by atoms with Crippen LogP contribution in [0.25, 0.3) is 0 Å². The topological polar surface area (TPSA) is 38.8 Å². The predicted molar refractivity (Wildman–Crippen MR) is 66.9 cm³/mol. The number of carbonyl (C=O) groups is 1. The van der Waals surface area contributed by atoms with Gasteiger partial charge in [-0.2, -0.15) is 0 Å². The number of hydrogen-bond acceptors (Lipinski definition) is 5. The van der Waals surface area contributed by atoms with Gasteiger partial charge in [0.05, 0.1) is 13.2 Å². The van der Waals surface area contributed by atoms with Gasteiger partial charge in [-0.15, -0.1) is 0 Å². The van der Waals surface area contributed by atoms with Gasteiger partial charge in [0, 0.05) is 18.2 Å². The molecule has 0 aromatic rings. The number of carbonyl (C=O) groups excluding carboxylic acids is 1. The molecule has 0 aliphatic carbocycles. The van der Waals surface area contributed by atoms with Gasteiger partial charge in [0.1, 0.15) is 0 Å². The molecule has 0 spiro atoms. The van der Waals surface area contributed by atoms with E-state index in [1.807, 2.05) is 27.7 Å². The van der Waals surface area contributed by atoms with Crippen molar-refractivity contribution >= 4 is 16.9 Å². The molecule has 0 rings (SSSR count). The molecule has 0 bridgehead atoms. The highest BCUT2D eigenvalue weighted by atomic mass is 32.2. The van der Waals surface area contributed by atoms with Gasteiger partial charge in [-0.05, 0) is 6.42 Å². The summed E-state index contributed by atoms with van der Waals surface area (Å²) >= 11 is 1.30. The highest BCUT2D eigenvalue weighted by Crippen LogP contribution is 2.22. The molecule has 16 heavy (non-hydrogen) atoms. The Morgan fingerprint density at radius 2 is 1.81 bits per heavy atom. The van der Waals surface area contributed by atoms with Crippen molar-refractivity contribution in [2.75, 3.05) is 26.0 Å². The second-order valence-electron chi connectivity index (χ2n) is 4.49. The molecule has 0 atom stereocenters. The van der Waals surface area contributed by atoms with Crippen LogP contribution < -0.4 is 0 Å². The Labute approximate surface area is 103 Å². The highest BCUT2D eigenvalue weighted by Gasteiger charge is 2.21. The second kappa shape index (κ2) is 8.06. The van der Waals surface area contributed by atoms with E-state index in [9.17, 15) is 4.79 Å². The minimum atomic E-state index is -0.282. The van der Waals surface area contributed by atoms with E-state index in [0.29, 0.717) is 19.0 Å². The highest BCUT2D eigenvalue weighted by molar-refractivity contribution is 8.13. The molecule has 0 aromatic heterocycles. The first-order chi connectivity index (χ1) is 7.38. The Bertz CT molecular complexity index is 204. The van der Waals surface area contributed by atoms with Crippen LogP contribution in [-0.2, 0) is 14.5 Å². The summed E-state index contributed by atoms with van der Waals surface area (Å²) < 4.78 is 0. The van der Waals surface area contributed by atoms with Gasteiger partial charge in [-0.25, -0.2) is 0 Å². The minimum Gasteiger partial charge on any atom is -0.287 e. The Balaban J connectivity index is 3.50. The van der Waals surface area contributed by atoms with Gasteiger partial charge in [-0.3, -0.25) is 14.5 Å². The van der Waals surface area contributed by atoms with Gasteiger partial charge in [0.15, 0.2) is 5.12 Å². The fourth-order valence-corrected chi connectivity index (χ4v) is 1.55. The first kappa shape index (κ1) is 15.9. The number of nitrogens with zero attached hydrogens (tertiary/aromatic N) is 1. The van der Waals surface area contributed by atoms with Crippen LogP contribution in [0, 0.1) is 5.41 Å². The van der Waals surface area contributed by atoms with Crippen LogP contribution in [0.1, 0.15) is 34.1 Å². The summed E-state index contributed by atoms with van der Waals surface area (Å²) in [4.78, 5) is 22.0. The molecule has 0 fully saturated rings. The molecule has 0 radical (unpaired) electrons. The predicted octanol–water partition coefficient (Wildman–Crippen LogP) is 2.50. The maximum absolute atomic E-state index is 11.5. The van der Waals surface area contributed by atoms with Crippen molar-refractivity contribution in [1.29, 1.82) is 0 Å². The van der Waals surface area contributed by atoms with Crippen molar-refractivity contribution < 1.29 is 14.5 Å². The van der Waals surface area contributed by atoms with Gasteiger partial charge >= 0.3 is 0 Å². The first-order valence-corrected chi connectivity index (χ1v) is 6.53. The molecule has 0 heterocycles. The summed E-state index contributed by atoms with van der Waals surface area (Å²) in [5.41, 5.74) is -0.282. The van der Waals surface area contributed by atoms with E-state index in [1.165, 1.54) is 17.0 Å². The van der Waals surface area contributed by atoms with E-state index >= 15 is 0 Å². The summed E-state index contributed by atoms with van der Waals surface area (Å²) in [5, 5.41) is 1.54. The molecule has 0 aliphatic heterocycles. The van der Waals surface area contributed by atoms with Crippen molar-refractivity contribution in [2.24, 2.45) is 5.41 Å². The lowest BCUT2D eigenvalue weighted by Gasteiger charge is -2.17. The normalized spacial score (nSPS) is 12.1. The third-order valence-electron chi connectivity index (χ3n) is 1.68. The lowest BCUT2D eigenvalue weighted by Crippen LogP contribution is -2.22. The van der Waals surface area contributed by atoms with E-state index < -0.39 is 0 Å². The quantitative estimate of drug-likeness (QED) is 0.512.